The van der Waals surface area contributed by atoms with Crippen LogP contribution in [0.15, 0.2) is 48.5 Å². The molecule has 7 nitrogen and oxygen atoms in total. The van der Waals surface area contributed by atoms with Crippen LogP contribution >= 0.6 is 0 Å². The quantitative estimate of drug-likeness (QED) is 0.877. The van der Waals surface area contributed by atoms with Gasteiger partial charge in [-0.15, -0.1) is 0 Å². The first-order chi connectivity index (χ1) is 12.9. The number of urea groups is 1. The first kappa shape index (κ1) is 18.7. The van der Waals surface area contributed by atoms with E-state index in [1.807, 2.05) is 0 Å². The molecule has 0 unspecified atom stereocenters. The lowest BCUT2D eigenvalue weighted by molar-refractivity contribution is 0.220. The molecule has 27 heavy (non-hydrogen) atoms. The van der Waals surface area contributed by atoms with E-state index in [0.717, 1.165) is 5.56 Å². The summed E-state index contributed by atoms with van der Waals surface area (Å²) in [5.74, 6) is 0.150. The maximum atomic E-state index is 12.4. The minimum Gasteiger partial charge on any atom is -0.323 e. The van der Waals surface area contributed by atoms with Gasteiger partial charge in [-0.25, -0.2) is 13.2 Å². The molecule has 3 rings (SSSR count). The molecule has 0 bridgehead atoms. The molecule has 0 aromatic heterocycles. The van der Waals surface area contributed by atoms with Gasteiger partial charge >= 0.3 is 6.03 Å². The summed E-state index contributed by atoms with van der Waals surface area (Å²) in [5.41, 5.74) is 2.56. The van der Waals surface area contributed by atoms with Gasteiger partial charge in [0, 0.05) is 25.8 Å². The van der Waals surface area contributed by atoms with Gasteiger partial charge in [0.15, 0.2) is 0 Å². The number of nitrogens with zero attached hydrogens (tertiary/aromatic N) is 3. The lowest BCUT2D eigenvalue weighted by atomic mass is 10.1. The Morgan fingerprint density at radius 1 is 1.26 bits per heavy atom. The second kappa shape index (κ2) is 7.68. The highest BCUT2D eigenvalue weighted by molar-refractivity contribution is 7.93. The van der Waals surface area contributed by atoms with Crippen LogP contribution in [0, 0.1) is 11.3 Å². The summed E-state index contributed by atoms with van der Waals surface area (Å²) in [6.07, 6.45) is 0.603. The number of nitriles is 1. The molecule has 0 atom stereocenters. The average molecular weight is 384 g/mol. The number of nitrogens with one attached hydrogen (secondary N) is 1. The maximum Gasteiger partial charge on any atom is 0.321 e. The third kappa shape index (κ3) is 4.38. The van der Waals surface area contributed by atoms with Crippen LogP contribution in [0.3, 0.4) is 0 Å². The smallest absolute Gasteiger partial charge is 0.321 e. The molecular weight excluding hydrogens is 364 g/mol. The predicted octanol–water partition coefficient (Wildman–Crippen LogP) is 2.76. The van der Waals surface area contributed by atoms with Crippen molar-refractivity contribution in [2.45, 2.75) is 13.0 Å². The Morgan fingerprint density at radius 2 is 2.00 bits per heavy atom. The topological polar surface area (TPSA) is 93.5 Å². The molecule has 1 fully saturated rings. The lowest BCUT2D eigenvalue weighted by Crippen LogP contribution is -2.31. The van der Waals surface area contributed by atoms with Gasteiger partial charge in [0.25, 0.3) is 0 Å². The van der Waals surface area contributed by atoms with Crippen molar-refractivity contribution in [3.63, 3.8) is 0 Å². The summed E-state index contributed by atoms with van der Waals surface area (Å²) in [7, 11) is -1.59. The van der Waals surface area contributed by atoms with Gasteiger partial charge in [-0.3, -0.25) is 4.31 Å². The number of benzene rings is 2. The van der Waals surface area contributed by atoms with Crippen LogP contribution in [-0.4, -0.2) is 38.7 Å². The molecule has 0 saturated carbocycles. The molecule has 0 spiro atoms. The minimum atomic E-state index is -3.26. The van der Waals surface area contributed by atoms with Crippen molar-refractivity contribution < 1.29 is 13.2 Å². The highest BCUT2D eigenvalue weighted by Gasteiger charge is 2.28. The first-order valence-electron chi connectivity index (χ1n) is 8.51. The molecule has 2 aromatic carbocycles. The Hall–Kier alpha value is -3.05. The Kier molecular flexibility index (Phi) is 5.33. The van der Waals surface area contributed by atoms with E-state index in [2.05, 4.69) is 11.4 Å². The summed E-state index contributed by atoms with van der Waals surface area (Å²) in [6.45, 7) is 0.843. The number of hydrogen-bond donors (Lipinski definition) is 1. The van der Waals surface area contributed by atoms with Crippen LogP contribution in [0.1, 0.15) is 17.5 Å². The van der Waals surface area contributed by atoms with Crippen LogP contribution in [0.4, 0.5) is 16.2 Å². The summed E-state index contributed by atoms with van der Waals surface area (Å²) < 4.78 is 25.5. The molecule has 1 heterocycles. The molecule has 1 saturated heterocycles. The lowest BCUT2D eigenvalue weighted by Gasteiger charge is -2.20. The zero-order chi connectivity index (χ0) is 19.4. The molecule has 0 radical (unpaired) electrons. The van der Waals surface area contributed by atoms with Crippen molar-refractivity contribution >= 4 is 27.4 Å². The van der Waals surface area contributed by atoms with E-state index in [1.165, 1.54) is 9.21 Å². The minimum absolute atomic E-state index is 0.150. The number of carbonyl (C=O) groups excluding carboxylic acids is 1. The predicted molar refractivity (Wildman–Crippen MR) is 104 cm³/mol. The van der Waals surface area contributed by atoms with E-state index in [9.17, 15) is 13.2 Å². The number of carbonyl (C=O) groups is 1. The highest BCUT2D eigenvalue weighted by atomic mass is 32.2. The fourth-order valence-electron chi connectivity index (χ4n) is 2.92. The summed E-state index contributed by atoms with van der Waals surface area (Å²) >= 11 is 0. The van der Waals surface area contributed by atoms with E-state index in [4.69, 9.17) is 5.26 Å². The third-order valence-corrected chi connectivity index (χ3v) is 6.20. The van der Waals surface area contributed by atoms with Crippen molar-refractivity contribution in [2.75, 3.05) is 29.0 Å². The molecule has 140 valence electrons. The largest absolute Gasteiger partial charge is 0.323 e. The van der Waals surface area contributed by atoms with Gasteiger partial charge in [-0.2, -0.15) is 5.26 Å². The second-order valence-corrected chi connectivity index (χ2v) is 8.40. The average Bonchev–Trinajstić information content (AvgIpc) is 3.01. The fraction of sp³-hybridized carbons (Fsp3) is 0.263. The van der Waals surface area contributed by atoms with E-state index >= 15 is 0 Å². The molecule has 8 heteroatoms. The number of rotatable bonds is 4. The first-order valence-corrected chi connectivity index (χ1v) is 10.1. The zero-order valence-electron chi connectivity index (χ0n) is 14.9. The van der Waals surface area contributed by atoms with Crippen LogP contribution in [0.2, 0.25) is 0 Å². The Balaban J connectivity index is 1.66. The highest BCUT2D eigenvalue weighted by Crippen LogP contribution is 2.26. The Bertz CT molecular complexity index is 981. The van der Waals surface area contributed by atoms with Crippen molar-refractivity contribution in [3.05, 3.63) is 59.7 Å². The molecule has 2 aromatic rings. The van der Waals surface area contributed by atoms with E-state index in [1.54, 1.807) is 55.6 Å². The van der Waals surface area contributed by atoms with Gasteiger partial charge in [-0.1, -0.05) is 18.2 Å². The standard InChI is InChI=1S/C19H20N4O3S/c1-22(14-16-8-6-15(13-20)7-9-16)19(24)21-17-4-2-5-18(12-17)23-10-3-11-27(23,25)26/h2,4-9,12H,3,10-11,14H2,1H3,(H,21,24). The van der Waals surface area contributed by atoms with Crippen LogP contribution in [0.5, 0.6) is 0 Å². The number of anilines is 2. The monoisotopic (exact) mass is 384 g/mol. The molecule has 0 aliphatic carbocycles. The van der Waals surface area contributed by atoms with Crippen molar-refractivity contribution in [2.24, 2.45) is 0 Å². The Morgan fingerprint density at radius 3 is 2.63 bits per heavy atom. The summed E-state index contributed by atoms with van der Waals surface area (Å²) in [5, 5.41) is 11.6. The van der Waals surface area contributed by atoms with Gasteiger partial charge in [0.2, 0.25) is 10.0 Å². The molecule has 1 N–H and O–H groups in total. The van der Waals surface area contributed by atoms with Crippen molar-refractivity contribution in [1.29, 1.82) is 5.26 Å². The van der Waals surface area contributed by atoms with Gasteiger partial charge in [-0.05, 0) is 42.3 Å². The third-order valence-electron chi connectivity index (χ3n) is 4.33. The number of amides is 2. The number of sulfonamides is 1. The normalized spacial score (nSPS) is 15.2. The molecule has 2 amide bonds. The van der Waals surface area contributed by atoms with Gasteiger partial charge < -0.3 is 10.2 Å². The van der Waals surface area contributed by atoms with E-state index in [-0.39, 0.29) is 11.8 Å². The summed E-state index contributed by atoms with van der Waals surface area (Å²) in [6, 6.07) is 15.6. The second-order valence-electron chi connectivity index (χ2n) is 6.39. The zero-order valence-corrected chi connectivity index (χ0v) is 15.7. The van der Waals surface area contributed by atoms with E-state index in [0.29, 0.717) is 36.4 Å². The molecular formula is C19H20N4O3S. The molecule has 1 aliphatic rings. The van der Waals surface area contributed by atoms with Gasteiger partial charge in [0.05, 0.1) is 23.1 Å². The van der Waals surface area contributed by atoms with Crippen LogP contribution < -0.4 is 9.62 Å². The van der Waals surface area contributed by atoms with Gasteiger partial charge in [0.1, 0.15) is 0 Å². The van der Waals surface area contributed by atoms with Crippen LogP contribution in [0.25, 0.3) is 0 Å². The number of hydrogen-bond acceptors (Lipinski definition) is 4. The van der Waals surface area contributed by atoms with Crippen molar-refractivity contribution in [3.8, 4) is 6.07 Å². The Labute approximate surface area is 158 Å². The van der Waals surface area contributed by atoms with Crippen LogP contribution in [-0.2, 0) is 16.6 Å². The fourth-order valence-corrected chi connectivity index (χ4v) is 4.47. The maximum absolute atomic E-state index is 12.4. The summed E-state index contributed by atoms with van der Waals surface area (Å²) in [4.78, 5) is 13.9. The van der Waals surface area contributed by atoms with Crippen molar-refractivity contribution in [1.82, 2.24) is 4.90 Å². The van der Waals surface area contributed by atoms with E-state index < -0.39 is 10.0 Å². The molecule has 1 aliphatic heterocycles. The SMILES string of the molecule is CN(Cc1ccc(C#N)cc1)C(=O)Nc1cccc(N2CCCS2(=O)=O)c1.